The van der Waals surface area contributed by atoms with E-state index in [1.165, 1.54) is 12.8 Å². The minimum atomic E-state index is 0.0532. The van der Waals surface area contributed by atoms with Gasteiger partial charge in [-0.1, -0.05) is 12.8 Å². The van der Waals surface area contributed by atoms with Gasteiger partial charge in [-0.15, -0.1) is 10.2 Å². The highest BCUT2D eigenvalue weighted by molar-refractivity contribution is 5.81. The van der Waals surface area contributed by atoms with Gasteiger partial charge >= 0.3 is 0 Å². The van der Waals surface area contributed by atoms with Crippen molar-refractivity contribution in [2.45, 2.75) is 44.7 Å². The fraction of sp³-hybridized carbons (Fsp3) is 0.769. The molecule has 0 saturated carbocycles. The van der Waals surface area contributed by atoms with Crippen molar-refractivity contribution in [2.75, 3.05) is 20.1 Å². The van der Waals surface area contributed by atoms with Crippen molar-refractivity contribution in [3.05, 3.63) is 12.7 Å². The topological polar surface area (TPSA) is 63.1 Å². The molecule has 1 aromatic heterocycles. The van der Waals surface area contributed by atoms with Crippen LogP contribution in [0.3, 0.4) is 0 Å². The molecule has 1 aliphatic heterocycles. The number of hydrogen-bond acceptors (Lipinski definition) is 4. The molecule has 1 fully saturated rings. The van der Waals surface area contributed by atoms with Gasteiger partial charge in [0, 0.05) is 13.1 Å². The number of likely N-dealkylation sites (N-methyl/N-ethyl adjacent to an activating group) is 1. The van der Waals surface area contributed by atoms with Crippen LogP contribution >= 0.6 is 0 Å². The first-order valence-electron chi connectivity index (χ1n) is 7.08. The number of likely N-dealkylation sites (tertiary alicyclic amines) is 1. The summed E-state index contributed by atoms with van der Waals surface area (Å²) in [6.07, 6.45) is 8.87. The second-order valence-corrected chi connectivity index (χ2v) is 5.19. The van der Waals surface area contributed by atoms with Gasteiger partial charge in [0.05, 0.1) is 6.04 Å². The van der Waals surface area contributed by atoms with E-state index in [-0.39, 0.29) is 11.9 Å². The van der Waals surface area contributed by atoms with E-state index in [9.17, 15) is 4.79 Å². The van der Waals surface area contributed by atoms with E-state index < -0.39 is 0 Å². The molecule has 0 aromatic carbocycles. The first-order chi connectivity index (χ1) is 9.27. The summed E-state index contributed by atoms with van der Waals surface area (Å²) in [7, 11) is 2.05. The third-order valence-corrected chi connectivity index (χ3v) is 3.68. The molecule has 106 valence electrons. The van der Waals surface area contributed by atoms with Crippen molar-refractivity contribution in [1.82, 2.24) is 25.0 Å². The van der Waals surface area contributed by atoms with E-state index in [1.54, 1.807) is 12.7 Å². The number of carbonyl (C=O) groups is 1. The van der Waals surface area contributed by atoms with E-state index in [4.69, 9.17) is 0 Å². The van der Waals surface area contributed by atoms with Crippen LogP contribution in [0.5, 0.6) is 0 Å². The van der Waals surface area contributed by atoms with Crippen molar-refractivity contribution >= 4 is 5.91 Å². The maximum atomic E-state index is 12.1. The third-order valence-electron chi connectivity index (χ3n) is 3.68. The molecule has 1 atom stereocenters. The van der Waals surface area contributed by atoms with E-state index in [0.717, 1.165) is 32.4 Å². The van der Waals surface area contributed by atoms with Crippen molar-refractivity contribution in [1.29, 1.82) is 0 Å². The van der Waals surface area contributed by atoms with Crippen LogP contribution in [0.1, 0.15) is 32.1 Å². The minimum absolute atomic E-state index is 0.0532. The number of amides is 1. The van der Waals surface area contributed by atoms with Crippen molar-refractivity contribution in [3.8, 4) is 0 Å². The summed E-state index contributed by atoms with van der Waals surface area (Å²) in [4.78, 5) is 14.3. The molecule has 0 aliphatic carbocycles. The number of hydrogen-bond donors (Lipinski definition) is 1. The Kier molecular flexibility index (Phi) is 5.32. The molecule has 2 heterocycles. The standard InChI is InChI=1S/C13H23N5O/c1-17-8-4-2-3-6-12(17)13(19)14-7-5-9-18-10-15-16-11-18/h10-12H,2-9H2,1H3,(H,14,19). The van der Waals surface area contributed by atoms with Gasteiger partial charge in [0.1, 0.15) is 12.7 Å². The highest BCUT2D eigenvalue weighted by atomic mass is 16.2. The van der Waals surface area contributed by atoms with Gasteiger partial charge in [0.25, 0.3) is 0 Å². The Morgan fingerprint density at radius 1 is 1.32 bits per heavy atom. The van der Waals surface area contributed by atoms with Crippen molar-refractivity contribution < 1.29 is 4.79 Å². The lowest BCUT2D eigenvalue weighted by atomic mass is 10.1. The SMILES string of the molecule is CN1CCCCCC1C(=O)NCCCn1cnnc1. The lowest BCUT2D eigenvalue weighted by Gasteiger charge is -2.24. The average molecular weight is 265 g/mol. The van der Waals surface area contributed by atoms with E-state index >= 15 is 0 Å². The molecule has 1 aliphatic rings. The van der Waals surface area contributed by atoms with Gasteiger partial charge in [0.15, 0.2) is 0 Å². The highest BCUT2D eigenvalue weighted by Gasteiger charge is 2.23. The smallest absolute Gasteiger partial charge is 0.237 e. The lowest BCUT2D eigenvalue weighted by molar-refractivity contribution is -0.126. The highest BCUT2D eigenvalue weighted by Crippen LogP contribution is 2.14. The molecule has 1 amide bonds. The molecule has 1 aromatic rings. The molecule has 0 spiro atoms. The number of rotatable bonds is 5. The Morgan fingerprint density at radius 3 is 2.89 bits per heavy atom. The van der Waals surface area contributed by atoms with E-state index in [2.05, 4.69) is 20.4 Å². The third kappa shape index (κ3) is 4.31. The van der Waals surface area contributed by atoms with Gasteiger partial charge in [-0.05, 0) is 32.9 Å². The minimum Gasteiger partial charge on any atom is -0.355 e. The average Bonchev–Trinajstić information content (AvgIpc) is 2.82. The number of nitrogens with zero attached hydrogens (tertiary/aromatic N) is 4. The summed E-state index contributed by atoms with van der Waals surface area (Å²) >= 11 is 0. The fourth-order valence-corrected chi connectivity index (χ4v) is 2.51. The summed E-state index contributed by atoms with van der Waals surface area (Å²) in [5.41, 5.74) is 0. The van der Waals surface area contributed by atoms with Gasteiger partial charge in [-0.2, -0.15) is 0 Å². The van der Waals surface area contributed by atoms with Gasteiger partial charge < -0.3 is 9.88 Å². The van der Waals surface area contributed by atoms with E-state index in [1.807, 2.05) is 11.6 Å². The second-order valence-electron chi connectivity index (χ2n) is 5.19. The maximum absolute atomic E-state index is 12.1. The van der Waals surface area contributed by atoms with Crippen molar-refractivity contribution in [2.24, 2.45) is 0 Å². The summed E-state index contributed by atoms with van der Waals surface area (Å²) in [6.45, 7) is 2.58. The Balaban J connectivity index is 1.68. The van der Waals surface area contributed by atoms with Crippen LogP contribution in [0.4, 0.5) is 0 Å². The fourth-order valence-electron chi connectivity index (χ4n) is 2.51. The molecule has 6 nitrogen and oxygen atoms in total. The Labute approximate surface area is 114 Å². The second kappa shape index (κ2) is 7.23. The quantitative estimate of drug-likeness (QED) is 0.794. The monoisotopic (exact) mass is 265 g/mol. The molecule has 1 unspecified atom stereocenters. The summed E-state index contributed by atoms with van der Waals surface area (Å²) in [5.74, 6) is 0.174. The Hall–Kier alpha value is -1.43. The molecule has 1 N–H and O–H groups in total. The predicted octanol–water partition coefficient (Wildman–Crippen LogP) is 0.659. The first kappa shape index (κ1) is 14.0. The number of aromatic nitrogens is 3. The largest absolute Gasteiger partial charge is 0.355 e. The van der Waals surface area contributed by atoms with Crippen LogP contribution in [0, 0.1) is 0 Å². The normalized spacial score (nSPS) is 21.0. The molecule has 19 heavy (non-hydrogen) atoms. The Morgan fingerprint density at radius 2 is 2.11 bits per heavy atom. The first-order valence-corrected chi connectivity index (χ1v) is 7.08. The van der Waals surface area contributed by atoms with Crippen LogP contribution in [0.25, 0.3) is 0 Å². The number of nitrogens with one attached hydrogen (secondary N) is 1. The zero-order chi connectivity index (χ0) is 13.5. The predicted molar refractivity (Wildman–Crippen MR) is 72.5 cm³/mol. The molecule has 2 rings (SSSR count). The maximum Gasteiger partial charge on any atom is 0.237 e. The summed E-state index contributed by atoms with van der Waals surface area (Å²) < 4.78 is 1.92. The van der Waals surface area contributed by atoms with Crippen LogP contribution in [-0.4, -0.2) is 51.8 Å². The molecule has 0 bridgehead atoms. The van der Waals surface area contributed by atoms with Gasteiger partial charge in [-0.3, -0.25) is 9.69 Å². The number of carbonyl (C=O) groups excluding carboxylic acids is 1. The molecular formula is C13H23N5O. The van der Waals surface area contributed by atoms with Crippen LogP contribution in [0.2, 0.25) is 0 Å². The summed E-state index contributed by atoms with van der Waals surface area (Å²) in [6, 6.07) is 0.0532. The zero-order valence-corrected chi connectivity index (χ0v) is 11.6. The van der Waals surface area contributed by atoms with Crippen molar-refractivity contribution in [3.63, 3.8) is 0 Å². The molecule has 6 heteroatoms. The molecule has 1 saturated heterocycles. The number of aryl methyl sites for hydroxylation is 1. The molecular weight excluding hydrogens is 242 g/mol. The lowest BCUT2D eigenvalue weighted by Crippen LogP contribution is -2.45. The van der Waals surface area contributed by atoms with Gasteiger partial charge in [0.2, 0.25) is 5.91 Å². The van der Waals surface area contributed by atoms with Crippen LogP contribution in [0.15, 0.2) is 12.7 Å². The van der Waals surface area contributed by atoms with Crippen LogP contribution < -0.4 is 5.32 Å². The van der Waals surface area contributed by atoms with Gasteiger partial charge in [-0.25, -0.2) is 0 Å². The molecule has 0 radical (unpaired) electrons. The zero-order valence-electron chi connectivity index (χ0n) is 11.6. The Bertz CT molecular complexity index is 378. The summed E-state index contributed by atoms with van der Waals surface area (Å²) in [5, 5.41) is 10.5. The van der Waals surface area contributed by atoms with Crippen LogP contribution in [-0.2, 0) is 11.3 Å². The van der Waals surface area contributed by atoms with E-state index in [0.29, 0.717) is 6.54 Å².